The first-order chi connectivity index (χ1) is 15.5. The van der Waals surface area contributed by atoms with Gasteiger partial charge in [0.1, 0.15) is 5.75 Å². The summed E-state index contributed by atoms with van der Waals surface area (Å²) >= 11 is 0. The molecular weight excluding hydrogens is 457 g/mol. The normalized spacial score (nSPS) is 11.9. The summed E-state index contributed by atoms with van der Waals surface area (Å²) in [5, 5.41) is 2.28. The Kier molecular flexibility index (Phi) is 7.09. The van der Waals surface area contributed by atoms with Crippen molar-refractivity contribution in [3.8, 4) is 5.75 Å². The number of halogens is 3. The summed E-state index contributed by atoms with van der Waals surface area (Å²) in [5.74, 6) is -0.443. The molecule has 3 rings (SSSR count). The second-order valence-corrected chi connectivity index (χ2v) is 9.14. The van der Waals surface area contributed by atoms with Crippen molar-refractivity contribution in [1.82, 2.24) is 4.31 Å². The Morgan fingerprint density at radius 1 is 1.00 bits per heavy atom. The van der Waals surface area contributed by atoms with Crippen LogP contribution in [0.25, 0.3) is 0 Å². The molecule has 33 heavy (non-hydrogen) atoms. The third-order valence-electron chi connectivity index (χ3n) is 4.87. The molecule has 1 amide bonds. The second kappa shape index (κ2) is 9.63. The number of ether oxygens (including phenoxy) is 1. The summed E-state index contributed by atoms with van der Waals surface area (Å²) in [5.41, 5.74) is -0.929. The van der Waals surface area contributed by atoms with Crippen molar-refractivity contribution in [3.63, 3.8) is 0 Å². The van der Waals surface area contributed by atoms with Crippen LogP contribution >= 0.6 is 0 Å². The number of amides is 1. The standard InChI is InChI=1S/C23H21F3N2O4S/c1-28(33(30,31)18-8-4-3-5-9-18)15-17-14-16(12-13-21(17)32-2)22(29)27-20-11-7-6-10-19(20)23(24,25)26/h3-14H,15H2,1-2H3,(H,27,29). The Morgan fingerprint density at radius 3 is 2.27 bits per heavy atom. The van der Waals surface area contributed by atoms with E-state index in [1.807, 2.05) is 0 Å². The highest BCUT2D eigenvalue weighted by molar-refractivity contribution is 7.89. The van der Waals surface area contributed by atoms with Gasteiger partial charge in [0, 0.05) is 24.7 Å². The van der Waals surface area contributed by atoms with Crippen LogP contribution in [0, 0.1) is 0 Å². The van der Waals surface area contributed by atoms with E-state index in [1.165, 1.54) is 56.6 Å². The Balaban J connectivity index is 1.88. The van der Waals surface area contributed by atoms with Crippen molar-refractivity contribution < 1.29 is 31.1 Å². The molecule has 0 aliphatic carbocycles. The maximum Gasteiger partial charge on any atom is 0.418 e. The Hall–Kier alpha value is -3.37. The average Bonchev–Trinajstić information content (AvgIpc) is 2.79. The van der Waals surface area contributed by atoms with Crippen LogP contribution < -0.4 is 10.1 Å². The number of methoxy groups -OCH3 is 1. The molecule has 0 fully saturated rings. The molecule has 0 aromatic heterocycles. The van der Waals surface area contributed by atoms with E-state index < -0.39 is 27.7 Å². The molecule has 0 spiro atoms. The van der Waals surface area contributed by atoms with Gasteiger partial charge in [0.05, 0.1) is 23.3 Å². The second-order valence-electron chi connectivity index (χ2n) is 7.10. The third-order valence-corrected chi connectivity index (χ3v) is 6.69. The lowest BCUT2D eigenvalue weighted by Crippen LogP contribution is -2.27. The van der Waals surface area contributed by atoms with Gasteiger partial charge in [-0.3, -0.25) is 4.79 Å². The van der Waals surface area contributed by atoms with Gasteiger partial charge < -0.3 is 10.1 Å². The minimum Gasteiger partial charge on any atom is -0.496 e. The van der Waals surface area contributed by atoms with Crippen molar-refractivity contribution >= 4 is 21.6 Å². The fourth-order valence-corrected chi connectivity index (χ4v) is 4.34. The topological polar surface area (TPSA) is 75.7 Å². The number of nitrogens with one attached hydrogen (secondary N) is 1. The smallest absolute Gasteiger partial charge is 0.418 e. The van der Waals surface area contributed by atoms with Crippen LogP contribution in [0.4, 0.5) is 18.9 Å². The molecule has 0 bridgehead atoms. The van der Waals surface area contributed by atoms with Gasteiger partial charge in [-0.15, -0.1) is 0 Å². The van der Waals surface area contributed by atoms with E-state index in [9.17, 15) is 26.4 Å². The molecule has 0 saturated carbocycles. The number of nitrogens with zero attached hydrogens (tertiary/aromatic N) is 1. The third kappa shape index (κ3) is 5.52. The van der Waals surface area contributed by atoms with Gasteiger partial charge in [-0.05, 0) is 42.5 Å². The van der Waals surface area contributed by atoms with Gasteiger partial charge >= 0.3 is 6.18 Å². The molecule has 10 heteroatoms. The van der Waals surface area contributed by atoms with Gasteiger partial charge in [-0.1, -0.05) is 30.3 Å². The zero-order valence-electron chi connectivity index (χ0n) is 17.8. The van der Waals surface area contributed by atoms with E-state index in [-0.39, 0.29) is 22.7 Å². The van der Waals surface area contributed by atoms with E-state index in [1.54, 1.807) is 18.2 Å². The number of para-hydroxylation sites is 1. The maximum absolute atomic E-state index is 13.2. The molecule has 0 atom stereocenters. The van der Waals surface area contributed by atoms with Crippen LogP contribution in [0.1, 0.15) is 21.5 Å². The molecule has 3 aromatic rings. The lowest BCUT2D eigenvalue weighted by molar-refractivity contribution is -0.136. The number of hydrogen-bond acceptors (Lipinski definition) is 4. The molecular formula is C23H21F3N2O4S. The quantitative estimate of drug-likeness (QED) is 0.530. The molecule has 0 aliphatic rings. The highest BCUT2D eigenvalue weighted by Gasteiger charge is 2.33. The Bertz CT molecular complexity index is 1250. The molecule has 0 unspecified atom stereocenters. The van der Waals surface area contributed by atoms with Crippen LogP contribution in [0.15, 0.2) is 77.7 Å². The predicted octanol–water partition coefficient (Wildman–Crippen LogP) is 4.79. The zero-order valence-corrected chi connectivity index (χ0v) is 18.6. The zero-order chi connectivity index (χ0) is 24.2. The molecule has 174 valence electrons. The first-order valence-corrected chi connectivity index (χ1v) is 11.1. The lowest BCUT2D eigenvalue weighted by Gasteiger charge is -2.19. The molecule has 3 aromatic carbocycles. The summed E-state index contributed by atoms with van der Waals surface area (Å²) in [7, 11) is -1.04. The van der Waals surface area contributed by atoms with Gasteiger partial charge in [0.15, 0.2) is 0 Å². The summed E-state index contributed by atoms with van der Waals surface area (Å²) in [6, 6.07) is 16.7. The van der Waals surface area contributed by atoms with E-state index in [0.717, 1.165) is 16.4 Å². The molecule has 0 saturated heterocycles. The number of benzene rings is 3. The first-order valence-electron chi connectivity index (χ1n) is 9.70. The van der Waals surface area contributed by atoms with Crippen LogP contribution in [-0.4, -0.2) is 32.8 Å². The maximum atomic E-state index is 13.2. The van der Waals surface area contributed by atoms with Crippen LogP contribution in [-0.2, 0) is 22.7 Å². The number of hydrogen-bond donors (Lipinski definition) is 1. The van der Waals surface area contributed by atoms with E-state index in [2.05, 4.69) is 5.32 Å². The highest BCUT2D eigenvalue weighted by Crippen LogP contribution is 2.35. The number of carbonyl (C=O) groups excluding carboxylic acids is 1. The summed E-state index contributed by atoms with van der Waals surface area (Å²) in [6.45, 7) is -0.124. The number of carbonyl (C=O) groups is 1. The van der Waals surface area contributed by atoms with Crippen molar-refractivity contribution in [2.24, 2.45) is 0 Å². The monoisotopic (exact) mass is 478 g/mol. The molecule has 0 aliphatic heterocycles. The molecule has 1 N–H and O–H groups in total. The fourth-order valence-electron chi connectivity index (χ4n) is 3.17. The minimum atomic E-state index is -4.64. The van der Waals surface area contributed by atoms with E-state index >= 15 is 0 Å². The van der Waals surface area contributed by atoms with Crippen molar-refractivity contribution in [1.29, 1.82) is 0 Å². The van der Waals surface area contributed by atoms with E-state index in [0.29, 0.717) is 11.3 Å². The SMILES string of the molecule is COc1ccc(C(=O)Nc2ccccc2C(F)(F)F)cc1CN(C)S(=O)(=O)c1ccccc1. The molecule has 0 radical (unpaired) electrons. The van der Waals surface area contributed by atoms with Crippen LogP contribution in [0.5, 0.6) is 5.75 Å². The lowest BCUT2D eigenvalue weighted by atomic mass is 10.1. The van der Waals surface area contributed by atoms with E-state index in [4.69, 9.17) is 4.74 Å². The Morgan fingerprint density at radius 2 is 1.64 bits per heavy atom. The van der Waals surface area contributed by atoms with Crippen LogP contribution in [0.3, 0.4) is 0 Å². The molecule has 6 nitrogen and oxygen atoms in total. The van der Waals surface area contributed by atoms with Crippen molar-refractivity contribution in [3.05, 3.63) is 89.5 Å². The highest BCUT2D eigenvalue weighted by atomic mass is 32.2. The minimum absolute atomic E-state index is 0.0493. The number of rotatable bonds is 7. The summed E-state index contributed by atoms with van der Waals surface area (Å²) in [4.78, 5) is 12.8. The average molecular weight is 478 g/mol. The van der Waals surface area contributed by atoms with Crippen LogP contribution in [0.2, 0.25) is 0 Å². The van der Waals surface area contributed by atoms with Crippen molar-refractivity contribution in [2.75, 3.05) is 19.5 Å². The fraction of sp³-hybridized carbons (Fsp3) is 0.174. The van der Waals surface area contributed by atoms with Gasteiger partial charge in [0.25, 0.3) is 5.91 Å². The predicted molar refractivity (Wildman–Crippen MR) is 117 cm³/mol. The summed E-state index contributed by atoms with van der Waals surface area (Å²) in [6.07, 6.45) is -4.64. The first kappa shape index (κ1) is 24.3. The van der Waals surface area contributed by atoms with Crippen molar-refractivity contribution in [2.45, 2.75) is 17.6 Å². The van der Waals surface area contributed by atoms with Gasteiger partial charge in [0.2, 0.25) is 10.0 Å². The number of anilines is 1. The number of alkyl halides is 3. The van der Waals surface area contributed by atoms with Gasteiger partial charge in [-0.25, -0.2) is 8.42 Å². The largest absolute Gasteiger partial charge is 0.496 e. The van der Waals surface area contributed by atoms with Gasteiger partial charge in [-0.2, -0.15) is 17.5 Å². The number of sulfonamides is 1. The Labute approximate surface area is 189 Å². The molecule has 0 heterocycles. The summed E-state index contributed by atoms with van der Waals surface area (Å²) < 4.78 is 71.7.